The van der Waals surface area contributed by atoms with Crippen LogP contribution in [-0.4, -0.2) is 61.5 Å². The Morgan fingerprint density at radius 3 is 2.32 bits per heavy atom. The third-order valence-electron chi connectivity index (χ3n) is 5.45. The Hall–Kier alpha value is -3.13. The molecule has 2 N–H and O–H groups in total. The second-order valence-electron chi connectivity index (χ2n) is 7.70. The first kappa shape index (κ1) is 22.6. The molecular formula is C23H31N5O3. The lowest BCUT2D eigenvalue weighted by Gasteiger charge is -2.36. The molecular weight excluding hydrogens is 394 g/mol. The minimum atomic E-state index is -0.418. The number of hydrogen-bond donors (Lipinski definition) is 2. The van der Waals surface area contributed by atoms with Crippen LogP contribution in [0.5, 0.6) is 0 Å². The van der Waals surface area contributed by atoms with E-state index in [0.717, 1.165) is 44.8 Å². The number of rotatable bonds is 11. The largest absolute Gasteiger partial charge is 0.385 e. The lowest BCUT2D eigenvalue weighted by Crippen LogP contribution is -2.47. The molecule has 31 heavy (non-hydrogen) atoms. The van der Waals surface area contributed by atoms with E-state index in [1.54, 1.807) is 12.1 Å². The van der Waals surface area contributed by atoms with Gasteiger partial charge in [0.1, 0.15) is 0 Å². The van der Waals surface area contributed by atoms with Crippen LogP contribution in [0.1, 0.15) is 19.3 Å². The minimum absolute atomic E-state index is 0.0689. The second-order valence-corrected chi connectivity index (χ2v) is 7.70. The van der Waals surface area contributed by atoms with E-state index in [1.807, 2.05) is 6.07 Å². The summed E-state index contributed by atoms with van der Waals surface area (Å²) in [6, 6.07) is 16.8. The highest BCUT2D eigenvalue weighted by Gasteiger charge is 2.16. The average molecular weight is 426 g/mol. The van der Waals surface area contributed by atoms with Gasteiger partial charge in [-0.05, 0) is 43.7 Å². The van der Waals surface area contributed by atoms with Crippen molar-refractivity contribution in [1.29, 1.82) is 0 Å². The summed E-state index contributed by atoms with van der Waals surface area (Å²) in [7, 11) is 0. The van der Waals surface area contributed by atoms with E-state index in [4.69, 9.17) is 0 Å². The Morgan fingerprint density at radius 2 is 1.65 bits per heavy atom. The summed E-state index contributed by atoms with van der Waals surface area (Å²) < 4.78 is 0. The smallest absolute Gasteiger partial charge is 0.269 e. The fourth-order valence-electron chi connectivity index (χ4n) is 3.67. The van der Waals surface area contributed by atoms with Crippen LogP contribution in [0.25, 0.3) is 0 Å². The van der Waals surface area contributed by atoms with Gasteiger partial charge in [-0.15, -0.1) is 0 Å². The SMILES string of the molecule is O=C(CCCNc1ccc([N+](=O)[O-])cc1)NCCCN1CCN(c2ccccc2)CC1. The summed E-state index contributed by atoms with van der Waals surface area (Å²) in [6.45, 7) is 6.54. The molecule has 0 aromatic heterocycles. The molecule has 1 amide bonds. The Balaban J connectivity index is 1.20. The molecule has 0 bridgehead atoms. The molecule has 166 valence electrons. The molecule has 2 aromatic carbocycles. The van der Waals surface area contributed by atoms with Crippen molar-refractivity contribution in [3.63, 3.8) is 0 Å². The van der Waals surface area contributed by atoms with Gasteiger partial charge < -0.3 is 15.5 Å². The maximum Gasteiger partial charge on any atom is 0.269 e. The highest BCUT2D eigenvalue weighted by molar-refractivity contribution is 5.75. The van der Waals surface area contributed by atoms with Crippen molar-refractivity contribution in [3.8, 4) is 0 Å². The van der Waals surface area contributed by atoms with Gasteiger partial charge in [0.2, 0.25) is 5.91 Å². The van der Waals surface area contributed by atoms with Gasteiger partial charge in [0, 0.05) is 69.2 Å². The van der Waals surface area contributed by atoms with Crippen molar-refractivity contribution in [2.45, 2.75) is 19.3 Å². The number of para-hydroxylation sites is 1. The highest BCUT2D eigenvalue weighted by Crippen LogP contribution is 2.16. The molecule has 1 aliphatic rings. The first-order valence-electron chi connectivity index (χ1n) is 10.9. The summed E-state index contributed by atoms with van der Waals surface area (Å²) in [5.41, 5.74) is 2.18. The van der Waals surface area contributed by atoms with Gasteiger partial charge in [-0.3, -0.25) is 19.8 Å². The number of hydrogen-bond acceptors (Lipinski definition) is 6. The predicted molar refractivity (Wildman–Crippen MR) is 124 cm³/mol. The molecule has 8 heteroatoms. The molecule has 0 atom stereocenters. The molecule has 1 aliphatic heterocycles. The first-order chi connectivity index (χ1) is 15.1. The predicted octanol–water partition coefficient (Wildman–Crippen LogP) is 3.12. The summed E-state index contributed by atoms with van der Waals surface area (Å²) in [6.07, 6.45) is 2.14. The van der Waals surface area contributed by atoms with E-state index in [9.17, 15) is 14.9 Å². The molecule has 0 saturated carbocycles. The first-order valence-corrected chi connectivity index (χ1v) is 10.9. The Labute approximate surface area is 183 Å². The van der Waals surface area contributed by atoms with Gasteiger partial charge >= 0.3 is 0 Å². The maximum absolute atomic E-state index is 12.0. The van der Waals surface area contributed by atoms with Crippen LogP contribution in [0.3, 0.4) is 0 Å². The van der Waals surface area contributed by atoms with Gasteiger partial charge in [-0.2, -0.15) is 0 Å². The average Bonchev–Trinajstić information content (AvgIpc) is 2.81. The summed E-state index contributed by atoms with van der Waals surface area (Å²) in [5.74, 6) is 0.0689. The summed E-state index contributed by atoms with van der Waals surface area (Å²) in [4.78, 5) is 27.1. The lowest BCUT2D eigenvalue weighted by molar-refractivity contribution is -0.384. The van der Waals surface area contributed by atoms with Crippen LogP contribution >= 0.6 is 0 Å². The van der Waals surface area contributed by atoms with Gasteiger partial charge in [0.05, 0.1) is 4.92 Å². The Kier molecular flexibility index (Phi) is 8.66. The highest BCUT2D eigenvalue weighted by atomic mass is 16.6. The van der Waals surface area contributed by atoms with Gasteiger partial charge in [-0.1, -0.05) is 18.2 Å². The fraction of sp³-hybridized carbons (Fsp3) is 0.435. The van der Waals surface area contributed by atoms with Crippen molar-refractivity contribution in [2.75, 3.05) is 56.0 Å². The summed E-state index contributed by atoms with van der Waals surface area (Å²) in [5, 5.41) is 16.8. The van der Waals surface area contributed by atoms with E-state index < -0.39 is 4.92 Å². The molecule has 0 spiro atoms. The molecule has 1 saturated heterocycles. The number of nitro benzene ring substituents is 1. The zero-order valence-electron chi connectivity index (χ0n) is 17.8. The van der Waals surface area contributed by atoms with Gasteiger partial charge in [0.25, 0.3) is 5.69 Å². The molecule has 1 heterocycles. The summed E-state index contributed by atoms with van der Waals surface area (Å²) >= 11 is 0. The molecule has 0 unspecified atom stereocenters. The number of nitrogens with one attached hydrogen (secondary N) is 2. The molecule has 3 rings (SSSR count). The van der Waals surface area contributed by atoms with Crippen LogP contribution in [0, 0.1) is 10.1 Å². The van der Waals surface area contributed by atoms with Crippen LogP contribution in [0.4, 0.5) is 17.1 Å². The third-order valence-corrected chi connectivity index (χ3v) is 5.45. The Morgan fingerprint density at radius 1 is 0.935 bits per heavy atom. The molecule has 0 aliphatic carbocycles. The van der Waals surface area contributed by atoms with E-state index in [-0.39, 0.29) is 11.6 Å². The van der Waals surface area contributed by atoms with Gasteiger partial charge in [0.15, 0.2) is 0 Å². The van der Waals surface area contributed by atoms with Crippen molar-refractivity contribution in [1.82, 2.24) is 10.2 Å². The molecule has 0 radical (unpaired) electrons. The van der Waals surface area contributed by atoms with Crippen molar-refractivity contribution >= 4 is 23.0 Å². The van der Waals surface area contributed by atoms with Crippen molar-refractivity contribution < 1.29 is 9.72 Å². The molecule has 2 aromatic rings. The number of carbonyl (C=O) groups excluding carboxylic acids is 1. The zero-order valence-corrected chi connectivity index (χ0v) is 17.8. The second kappa shape index (κ2) is 11.9. The zero-order chi connectivity index (χ0) is 21.9. The van der Waals surface area contributed by atoms with Crippen LogP contribution in [-0.2, 0) is 4.79 Å². The number of nitro groups is 1. The van der Waals surface area contributed by atoms with Crippen LogP contribution in [0.15, 0.2) is 54.6 Å². The number of carbonyl (C=O) groups is 1. The number of amides is 1. The lowest BCUT2D eigenvalue weighted by atomic mass is 10.2. The maximum atomic E-state index is 12.0. The topological polar surface area (TPSA) is 90.7 Å². The minimum Gasteiger partial charge on any atom is -0.385 e. The van der Waals surface area contributed by atoms with Crippen molar-refractivity contribution in [2.24, 2.45) is 0 Å². The van der Waals surface area contributed by atoms with Crippen LogP contribution in [0.2, 0.25) is 0 Å². The van der Waals surface area contributed by atoms with E-state index >= 15 is 0 Å². The van der Waals surface area contributed by atoms with E-state index in [1.165, 1.54) is 17.8 Å². The standard InChI is InChI=1S/C23H31N5O3/c29-23(8-4-13-24-20-9-11-22(12-10-20)28(30)31)25-14-5-15-26-16-18-27(19-17-26)21-6-2-1-3-7-21/h1-3,6-7,9-12,24H,4-5,8,13-19H2,(H,25,29). The van der Waals surface area contributed by atoms with E-state index in [0.29, 0.717) is 25.9 Å². The van der Waals surface area contributed by atoms with Crippen molar-refractivity contribution in [3.05, 3.63) is 64.7 Å². The molecule has 8 nitrogen and oxygen atoms in total. The number of nitrogens with zero attached hydrogens (tertiary/aromatic N) is 3. The quantitative estimate of drug-likeness (QED) is 0.327. The molecule has 1 fully saturated rings. The van der Waals surface area contributed by atoms with Gasteiger partial charge in [-0.25, -0.2) is 0 Å². The van der Waals surface area contributed by atoms with E-state index in [2.05, 4.69) is 44.7 Å². The number of benzene rings is 2. The number of anilines is 2. The number of piperazine rings is 1. The third kappa shape index (κ3) is 7.57. The number of non-ortho nitro benzene ring substituents is 1. The van der Waals surface area contributed by atoms with Crippen LogP contribution < -0.4 is 15.5 Å². The normalized spacial score (nSPS) is 14.3. The fourth-order valence-corrected chi connectivity index (χ4v) is 3.67. The Bertz CT molecular complexity index is 821. The monoisotopic (exact) mass is 425 g/mol.